The molecule has 0 spiro atoms. The smallest absolute Gasteiger partial charge is 0.306 e. The van der Waals surface area contributed by atoms with Crippen molar-refractivity contribution in [2.24, 2.45) is 0 Å². The van der Waals surface area contributed by atoms with Crippen LogP contribution in [0.3, 0.4) is 0 Å². The van der Waals surface area contributed by atoms with Gasteiger partial charge in [-0.15, -0.1) is 0 Å². The molecule has 81 heavy (non-hydrogen) atoms. The number of hydrogen-bond acceptors (Lipinski definition) is 6. The van der Waals surface area contributed by atoms with Crippen LogP contribution in [0.2, 0.25) is 0 Å². The highest BCUT2D eigenvalue weighted by Crippen LogP contribution is 2.18. The molecule has 0 aliphatic heterocycles. The Bertz CT molecular complexity index is 1530. The van der Waals surface area contributed by atoms with Gasteiger partial charge in [-0.05, 0) is 96.3 Å². The Kier molecular flexibility index (Phi) is 66.2. The first kappa shape index (κ1) is 77.6. The second-order valence-corrected chi connectivity index (χ2v) is 23.4. The van der Waals surface area contributed by atoms with Crippen LogP contribution in [0.5, 0.6) is 0 Å². The first-order valence-corrected chi connectivity index (χ1v) is 35.1. The van der Waals surface area contributed by atoms with E-state index >= 15 is 0 Å². The number of carbonyl (C=O) groups excluding carboxylic acids is 3. The Hall–Kier alpha value is -3.41. The van der Waals surface area contributed by atoms with Crippen LogP contribution in [0, 0.1) is 0 Å². The summed E-state index contributed by atoms with van der Waals surface area (Å²) in [6, 6.07) is 0. The maximum absolute atomic E-state index is 12.9. The van der Waals surface area contributed by atoms with Crippen LogP contribution in [0.1, 0.15) is 355 Å². The molecular weight excluding hydrogens is 997 g/mol. The number of esters is 3. The largest absolute Gasteiger partial charge is 0.462 e. The van der Waals surface area contributed by atoms with Crippen LogP contribution in [-0.4, -0.2) is 37.2 Å². The molecule has 0 aromatic carbocycles. The van der Waals surface area contributed by atoms with Crippen molar-refractivity contribution in [3.05, 3.63) is 85.1 Å². The average Bonchev–Trinajstić information content (AvgIpc) is 3.47. The third-order valence-corrected chi connectivity index (χ3v) is 15.4. The van der Waals surface area contributed by atoms with E-state index in [2.05, 4.69) is 106 Å². The minimum atomic E-state index is -0.772. The van der Waals surface area contributed by atoms with Gasteiger partial charge >= 0.3 is 17.9 Å². The van der Waals surface area contributed by atoms with Crippen molar-refractivity contribution < 1.29 is 28.6 Å². The SMILES string of the molecule is CC/C=C\C/C=C\C/C=C\C/C=C\C/C=C\CCCCCCCCCCCCCCCCCCCC(=O)OCC(COC(=O)CCCCCCC)OC(=O)CCCCCCCCCCCCCCC/C=C\C/C=C\CCCCCCC. The van der Waals surface area contributed by atoms with E-state index in [0.717, 1.165) is 103 Å². The summed E-state index contributed by atoms with van der Waals surface area (Å²) < 4.78 is 16.8. The number of carbonyl (C=O) groups is 3. The van der Waals surface area contributed by atoms with Crippen molar-refractivity contribution >= 4 is 17.9 Å². The first-order chi connectivity index (χ1) is 40.0. The molecular formula is C75H132O6. The summed E-state index contributed by atoms with van der Waals surface area (Å²) in [5, 5.41) is 0. The molecule has 1 atom stereocenters. The molecule has 0 aromatic heterocycles. The van der Waals surface area contributed by atoms with Crippen molar-refractivity contribution in [2.45, 2.75) is 361 Å². The number of ether oxygens (including phenoxy) is 3. The van der Waals surface area contributed by atoms with Gasteiger partial charge in [0, 0.05) is 19.3 Å². The van der Waals surface area contributed by atoms with E-state index in [9.17, 15) is 14.4 Å². The molecule has 0 aromatic rings. The lowest BCUT2D eigenvalue weighted by Gasteiger charge is -2.18. The summed E-state index contributed by atoms with van der Waals surface area (Å²) >= 11 is 0. The fourth-order valence-electron chi connectivity index (χ4n) is 10.2. The van der Waals surface area contributed by atoms with Crippen molar-refractivity contribution in [1.82, 2.24) is 0 Å². The highest BCUT2D eigenvalue weighted by molar-refractivity contribution is 5.71. The second-order valence-electron chi connectivity index (χ2n) is 23.4. The van der Waals surface area contributed by atoms with Gasteiger partial charge in [0.15, 0.2) is 6.10 Å². The summed E-state index contributed by atoms with van der Waals surface area (Å²) in [4.78, 5) is 38.0. The average molecular weight is 1130 g/mol. The van der Waals surface area contributed by atoms with Crippen LogP contribution in [0.4, 0.5) is 0 Å². The van der Waals surface area contributed by atoms with Gasteiger partial charge in [-0.1, -0.05) is 324 Å². The predicted octanol–water partition coefficient (Wildman–Crippen LogP) is 24.2. The summed E-state index contributed by atoms with van der Waals surface area (Å²) in [7, 11) is 0. The van der Waals surface area contributed by atoms with Crippen LogP contribution in [-0.2, 0) is 28.6 Å². The number of unbranched alkanes of at least 4 members (excludes halogenated alkanes) is 39. The molecule has 0 aliphatic carbocycles. The van der Waals surface area contributed by atoms with E-state index < -0.39 is 6.10 Å². The maximum Gasteiger partial charge on any atom is 0.306 e. The molecule has 0 aliphatic rings. The molecule has 0 amide bonds. The molecule has 0 radical (unpaired) electrons. The van der Waals surface area contributed by atoms with E-state index in [0.29, 0.717) is 19.3 Å². The molecule has 1 unspecified atom stereocenters. The van der Waals surface area contributed by atoms with E-state index in [1.54, 1.807) is 0 Å². The normalized spacial score (nSPS) is 12.6. The standard InChI is InChI=1S/C75H132O6/c1-4-7-10-13-15-17-19-21-23-25-27-29-31-33-34-35-36-37-38-39-40-42-43-45-47-49-51-53-55-57-59-62-65-68-74(77)80-71-72(70-79-73(76)67-64-61-12-9-6-3)81-75(78)69-66-63-60-58-56-54-52-50-48-46-44-41-32-30-28-26-24-22-20-18-16-14-11-8-5-2/h7,10,15,17,20-23,26-29,33-34,72H,4-6,8-9,11-14,16,18-19,24-25,30-32,35-71H2,1-3H3/b10-7-,17-15-,22-20-,23-21-,28-26-,29-27-,34-33-. The third-order valence-electron chi connectivity index (χ3n) is 15.4. The molecule has 0 N–H and O–H groups in total. The fourth-order valence-corrected chi connectivity index (χ4v) is 10.2. The fraction of sp³-hybridized carbons (Fsp3) is 0.773. The number of hydrogen-bond donors (Lipinski definition) is 0. The van der Waals surface area contributed by atoms with Crippen LogP contribution in [0.25, 0.3) is 0 Å². The second kappa shape index (κ2) is 69.1. The van der Waals surface area contributed by atoms with Crippen LogP contribution >= 0.6 is 0 Å². The topological polar surface area (TPSA) is 78.9 Å². The Labute approximate surface area is 503 Å². The molecule has 0 saturated carbocycles. The van der Waals surface area contributed by atoms with Crippen LogP contribution in [0.15, 0.2) is 85.1 Å². The minimum Gasteiger partial charge on any atom is -0.462 e. The van der Waals surface area contributed by atoms with Gasteiger partial charge in [0.1, 0.15) is 13.2 Å². The zero-order valence-corrected chi connectivity index (χ0v) is 53.8. The van der Waals surface area contributed by atoms with Gasteiger partial charge in [0.05, 0.1) is 0 Å². The minimum absolute atomic E-state index is 0.0724. The van der Waals surface area contributed by atoms with Gasteiger partial charge in [-0.25, -0.2) is 0 Å². The molecule has 0 saturated heterocycles. The molecule has 6 nitrogen and oxygen atoms in total. The monoisotopic (exact) mass is 1130 g/mol. The quantitative estimate of drug-likeness (QED) is 0.0261. The molecule has 0 rings (SSSR count). The molecule has 0 heterocycles. The Morgan fingerprint density at radius 3 is 0.753 bits per heavy atom. The number of rotatable bonds is 64. The van der Waals surface area contributed by atoms with E-state index in [1.165, 1.54) is 212 Å². The number of allylic oxidation sites excluding steroid dienone is 14. The van der Waals surface area contributed by atoms with Gasteiger partial charge in [0.25, 0.3) is 0 Å². The van der Waals surface area contributed by atoms with E-state index in [1.807, 2.05) is 0 Å². The van der Waals surface area contributed by atoms with E-state index in [-0.39, 0.29) is 31.1 Å². The highest BCUT2D eigenvalue weighted by atomic mass is 16.6. The lowest BCUT2D eigenvalue weighted by Crippen LogP contribution is -2.30. The Morgan fingerprint density at radius 2 is 0.481 bits per heavy atom. The third kappa shape index (κ3) is 67.3. The maximum atomic E-state index is 12.9. The molecule has 6 heteroatoms. The van der Waals surface area contributed by atoms with Gasteiger partial charge in [-0.2, -0.15) is 0 Å². The Balaban J connectivity index is 3.95. The summed E-state index contributed by atoms with van der Waals surface area (Å²) in [6.45, 7) is 6.47. The summed E-state index contributed by atoms with van der Waals surface area (Å²) in [6.07, 6.45) is 92.4. The highest BCUT2D eigenvalue weighted by Gasteiger charge is 2.19. The van der Waals surface area contributed by atoms with Gasteiger partial charge < -0.3 is 14.2 Å². The zero-order chi connectivity index (χ0) is 58.5. The van der Waals surface area contributed by atoms with Gasteiger partial charge in [-0.3, -0.25) is 14.4 Å². The lowest BCUT2D eigenvalue weighted by molar-refractivity contribution is -0.167. The van der Waals surface area contributed by atoms with Crippen LogP contribution < -0.4 is 0 Å². The van der Waals surface area contributed by atoms with Crippen molar-refractivity contribution in [3.63, 3.8) is 0 Å². The Morgan fingerprint density at radius 1 is 0.259 bits per heavy atom. The van der Waals surface area contributed by atoms with Crippen molar-refractivity contribution in [1.29, 1.82) is 0 Å². The summed E-state index contributed by atoms with van der Waals surface area (Å²) in [5.74, 6) is -0.870. The zero-order valence-electron chi connectivity index (χ0n) is 53.8. The molecule has 468 valence electrons. The van der Waals surface area contributed by atoms with Crippen molar-refractivity contribution in [2.75, 3.05) is 13.2 Å². The van der Waals surface area contributed by atoms with E-state index in [4.69, 9.17) is 14.2 Å². The first-order valence-electron chi connectivity index (χ1n) is 35.1. The summed E-state index contributed by atoms with van der Waals surface area (Å²) in [5.41, 5.74) is 0. The molecule has 0 fully saturated rings. The predicted molar refractivity (Wildman–Crippen MR) is 353 cm³/mol. The molecule has 0 bridgehead atoms. The van der Waals surface area contributed by atoms with Crippen molar-refractivity contribution in [3.8, 4) is 0 Å². The van der Waals surface area contributed by atoms with Gasteiger partial charge in [0.2, 0.25) is 0 Å². The lowest BCUT2D eigenvalue weighted by atomic mass is 10.0.